The summed E-state index contributed by atoms with van der Waals surface area (Å²) in [5.41, 5.74) is 0.623. The minimum atomic E-state index is -0.325. The Morgan fingerprint density at radius 2 is 2.35 bits per heavy atom. The van der Waals surface area contributed by atoms with E-state index in [0.29, 0.717) is 19.8 Å². The molecule has 2 aromatic heterocycles. The van der Waals surface area contributed by atoms with E-state index in [4.69, 9.17) is 9.47 Å². The summed E-state index contributed by atoms with van der Waals surface area (Å²) in [6.07, 6.45) is 9.55. The van der Waals surface area contributed by atoms with Gasteiger partial charge in [-0.05, 0) is 31.9 Å². The first-order valence-corrected chi connectivity index (χ1v) is 9.08. The van der Waals surface area contributed by atoms with Gasteiger partial charge in [0.2, 0.25) is 5.91 Å². The minimum absolute atomic E-state index is 0.0809. The van der Waals surface area contributed by atoms with Gasteiger partial charge < -0.3 is 19.4 Å². The molecule has 0 aromatic carbocycles. The van der Waals surface area contributed by atoms with E-state index >= 15 is 0 Å². The van der Waals surface area contributed by atoms with Crippen LogP contribution in [0.25, 0.3) is 0 Å². The van der Waals surface area contributed by atoms with Gasteiger partial charge in [0, 0.05) is 31.1 Å². The van der Waals surface area contributed by atoms with E-state index in [1.165, 1.54) is 0 Å². The number of aryl methyl sites for hydroxylation is 1. The van der Waals surface area contributed by atoms with Crippen LogP contribution in [0.5, 0.6) is 5.75 Å². The van der Waals surface area contributed by atoms with Crippen LogP contribution in [-0.2, 0) is 16.1 Å². The van der Waals surface area contributed by atoms with Crippen molar-refractivity contribution in [2.24, 2.45) is 5.41 Å². The maximum absolute atomic E-state index is 12.9. The molecule has 1 saturated heterocycles. The van der Waals surface area contributed by atoms with Crippen LogP contribution >= 0.6 is 0 Å². The van der Waals surface area contributed by atoms with Gasteiger partial charge in [-0.1, -0.05) is 0 Å². The molecule has 2 atom stereocenters. The van der Waals surface area contributed by atoms with E-state index in [2.05, 4.69) is 15.3 Å². The molecule has 7 nitrogen and oxygen atoms in total. The average molecular weight is 356 g/mol. The summed E-state index contributed by atoms with van der Waals surface area (Å²) in [6.45, 7) is 3.71. The number of pyridine rings is 1. The number of hydrogen-bond donors (Lipinski definition) is 1. The molecule has 2 aliphatic rings. The molecule has 138 valence electrons. The Kier molecular flexibility index (Phi) is 4.63. The summed E-state index contributed by atoms with van der Waals surface area (Å²) in [4.78, 5) is 21.2. The Balaban J connectivity index is 1.40. The number of hydrogen-bond acceptors (Lipinski definition) is 5. The van der Waals surface area contributed by atoms with Crippen LogP contribution in [0.3, 0.4) is 0 Å². The third kappa shape index (κ3) is 3.72. The first kappa shape index (κ1) is 17.0. The minimum Gasteiger partial charge on any atom is -0.486 e. The van der Waals surface area contributed by atoms with Crippen LogP contribution < -0.4 is 10.1 Å². The van der Waals surface area contributed by atoms with Crippen LogP contribution in [0.1, 0.15) is 25.0 Å². The monoisotopic (exact) mass is 356 g/mol. The zero-order valence-corrected chi connectivity index (χ0v) is 14.9. The summed E-state index contributed by atoms with van der Waals surface area (Å²) in [5.74, 6) is 0.804. The molecule has 3 heterocycles. The first-order chi connectivity index (χ1) is 12.6. The summed E-state index contributed by atoms with van der Waals surface area (Å²) < 4.78 is 13.6. The summed E-state index contributed by atoms with van der Waals surface area (Å²) in [7, 11) is 0. The van der Waals surface area contributed by atoms with Gasteiger partial charge in [0.1, 0.15) is 11.9 Å². The van der Waals surface area contributed by atoms with Gasteiger partial charge in [0.05, 0.1) is 37.2 Å². The second-order valence-corrected chi connectivity index (χ2v) is 7.25. The Hall–Kier alpha value is -2.41. The molecule has 1 N–H and O–H groups in total. The fraction of sp³-hybridized carbons (Fsp3) is 0.526. The Morgan fingerprint density at radius 1 is 1.46 bits per heavy atom. The van der Waals surface area contributed by atoms with E-state index in [0.717, 1.165) is 30.7 Å². The second-order valence-electron chi connectivity index (χ2n) is 7.25. The van der Waals surface area contributed by atoms with Crippen molar-refractivity contribution in [2.45, 2.75) is 44.9 Å². The second kappa shape index (κ2) is 7.07. The van der Waals surface area contributed by atoms with Crippen molar-refractivity contribution in [3.8, 4) is 5.75 Å². The standard InChI is InChI=1S/C19H24N4O3/c1-14-2-3-15(10-21-14)26-17-4-9-25-11-16(17)22-18(24)19(5-6-19)12-23-8-7-20-13-23/h2-3,7-8,10,13,16-17H,4-6,9,11-12H2,1H3,(H,22,24)/t16-,17+/m0/s1. The zero-order chi connectivity index (χ0) is 18.0. The predicted octanol–water partition coefficient (Wildman–Crippen LogP) is 1.72. The van der Waals surface area contributed by atoms with Gasteiger partial charge in [-0.2, -0.15) is 0 Å². The molecule has 1 aliphatic heterocycles. The lowest BCUT2D eigenvalue weighted by molar-refractivity contribution is -0.130. The highest BCUT2D eigenvalue weighted by Gasteiger charge is 2.51. The molecule has 2 fully saturated rings. The van der Waals surface area contributed by atoms with E-state index in [1.54, 1.807) is 18.7 Å². The van der Waals surface area contributed by atoms with E-state index in [1.807, 2.05) is 29.8 Å². The molecular formula is C19H24N4O3. The lowest BCUT2D eigenvalue weighted by Gasteiger charge is -2.33. The maximum atomic E-state index is 12.9. The number of carbonyl (C=O) groups is 1. The van der Waals surface area contributed by atoms with Gasteiger partial charge in [-0.15, -0.1) is 0 Å². The van der Waals surface area contributed by atoms with E-state index in [9.17, 15) is 4.79 Å². The maximum Gasteiger partial charge on any atom is 0.228 e. The lowest BCUT2D eigenvalue weighted by atomic mass is 10.0. The van der Waals surface area contributed by atoms with Crippen molar-refractivity contribution in [3.63, 3.8) is 0 Å². The van der Waals surface area contributed by atoms with Gasteiger partial charge in [0.25, 0.3) is 0 Å². The third-order valence-electron chi connectivity index (χ3n) is 5.16. The molecule has 0 unspecified atom stereocenters. The van der Waals surface area contributed by atoms with Gasteiger partial charge in [-0.3, -0.25) is 9.78 Å². The molecule has 7 heteroatoms. The van der Waals surface area contributed by atoms with E-state index in [-0.39, 0.29) is 23.5 Å². The first-order valence-electron chi connectivity index (χ1n) is 9.08. The molecular weight excluding hydrogens is 332 g/mol. The number of ether oxygens (including phenoxy) is 2. The quantitative estimate of drug-likeness (QED) is 0.853. The normalized spacial score (nSPS) is 24.0. The Labute approximate surface area is 152 Å². The number of aromatic nitrogens is 3. The molecule has 4 rings (SSSR count). The SMILES string of the molecule is Cc1ccc(O[C@@H]2CCOC[C@@H]2NC(=O)C2(Cn3ccnc3)CC2)cn1. The van der Waals surface area contributed by atoms with Crippen molar-refractivity contribution in [2.75, 3.05) is 13.2 Å². The average Bonchev–Trinajstić information content (AvgIpc) is 3.25. The molecule has 1 saturated carbocycles. The van der Waals surface area contributed by atoms with Crippen molar-refractivity contribution in [3.05, 3.63) is 42.7 Å². The molecule has 1 aliphatic carbocycles. The topological polar surface area (TPSA) is 78.3 Å². The van der Waals surface area contributed by atoms with Gasteiger partial charge >= 0.3 is 0 Å². The van der Waals surface area contributed by atoms with Crippen LogP contribution in [0.2, 0.25) is 0 Å². The molecule has 26 heavy (non-hydrogen) atoms. The molecule has 2 aromatic rings. The summed E-state index contributed by atoms with van der Waals surface area (Å²) >= 11 is 0. The number of carbonyl (C=O) groups excluding carboxylic acids is 1. The smallest absolute Gasteiger partial charge is 0.228 e. The fourth-order valence-corrected chi connectivity index (χ4v) is 3.35. The number of rotatable bonds is 6. The van der Waals surface area contributed by atoms with Crippen LogP contribution in [0.4, 0.5) is 0 Å². The van der Waals surface area contributed by atoms with Crippen molar-refractivity contribution in [1.29, 1.82) is 0 Å². The predicted molar refractivity (Wildman–Crippen MR) is 94.7 cm³/mol. The fourth-order valence-electron chi connectivity index (χ4n) is 3.35. The number of nitrogens with zero attached hydrogens (tertiary/aromatic N) is 3. The van der Waals surface area contributed by atoms with E-state index < -0.39 is 0 Å². The number of amides is 1. The highest BCUT2D eigenvalue weighted by atomic mass is 16.5. The zero-order valence-electron chi connectivity index (χ0n) is 14.9. The Morgan fingerprint density at radius 3 is 3.04 bits per heavy atom. The van der Waals surface area contributed by atoms with Crippen molar-refractivity contribution in [1.82, 2.24) is 19.9 Å². The van der Waals surface area contributed by atoms with Crippen LogP contribution in [0.15, 0.2) is 37.1 Å². The van der Waals surface area contributed by atoms with Gasteiger partial charge in [-0.25, -0.2) is 4.98 Å². The van der Waals surface area contributed by atoms with Crippen LogP contribution in [0, 0.1) is 12.3 Å². The summed E-state index contributed by atoms with van der Waals surface area (Å²) in [6, 6.07) is 3.68. The summed E-state index contributed by atoms with van der Waals surface area (Å²) in [5, 5.41) is 3.17. The third-order valence-corrected chi connectivity index (χ3v) is 5.16. The number of nitrogens with one attached hydrogen (secondary N) is 1. The largest absolute Gasteiger partial charge is 0.486 e. The molecule has 0 bridgehead atoms. The Bertz CT molecular complexity index is 741. The van der Waals surface area contributed by atoms with Crippen molar-refractivity contribution >= 4 is 5.91 Å². The highest BCUT2D eigenvalue weighted by molar-refractivity contribution is 5.85. The lowest BCUT2D eigenvalue weighted by Crippen LogP contribution is -2.53. The van der Waals surface area contributed by atoms with Crippen LogP contribution in [-0.4, -0.2) is 45.8 Å². The number of imidazole rings is 1. The molecule has 0 spiro atoms. The molecule has 0 radical (unpaired) electrons. The van der Waals surface area contributed by atoms with Gasteiger partial charge in [0.15, 0.2) is 0 Å². The molecule has 1 amide bonds. The highest BCUT2D eigenvalue weighted by Crippen LogP contribution is 2.47. The van der Waals surface area contributed by atoms with Crippen molar-refractivity contribution < 1.29 is 14.3 Å².